The minimum atomic E-state index is -0.714. The number of aryl methyl sites for hydroxylation is 1. The lowest BCUT2D eigenvalue weighted by atomic mass is 10.0. The van der Waals surface area contributed by atoms with Crippen molar-refractivity contribution in [3.05, 3.63) is 88.4 Å². The molecule has 0 N–H and O–H groups in total. The maximum Gasteiger partial charge on any atom is 0.187 e. The van der Waals surface area contributed by atoms with Gasteiger partial charge in [-0.1, -0.05) is 47.5 Å². The van der Waals surface area contributed by atoms with Gasteiger partial charge in [0.2, 0.25) is 0 Å². The third-order valence-corrected chi connectivity index (χ3v) is 5.59. The zero-order valence-corrected chi connectivity index (χ0v) is 18.1. The van der Waals surface area contributed by atoms with E-state index in [1.165, 1.54) is 5.56 Å². The average Bonchev–Trinajstić information content (AvgIpc) is 3.40. The van der Waals surface area contributed by atoms with Crippen LogP contribution in [0.4, 0.5) is 0 Å². The Hall–Kier alpha value is -1.89. The summed E-state index contributed by atoms with van der Waals surface area (Å²) in [6.45, 7) is 2.05. The molecule has 30 heavy (non-hydrogen) atoms. The molecule has 0 aliphatic carbocycles. The first-order chi connectivity index (χ1) is 14.6. The maximum absolute atomic E-state index is 6.38. The Morgan fingerprint density at radius 1 is 1.03 bits per heavy atom. The Balaban J connectivity index is 1.35. The Morgan fingerprint density at radius 2 is 1.73 bits per heavy atom. The van der Waals surface area contributed by atoms with Crippen LogP contribution in [0.3, 0.4) is 0 Å². The van der Waals surface area contributed by atoms with E-state index in [0.29, 0.717) is 26.4 Å². The van der Waals surface area contributed by atoms with Gasteiger partial charge in [0.1, 0.15) is 6.10 Å². The molecule has 2 atom stereocenters. The second-order valence-corrected chi connectivity index (χ2v) is 8.34. The number of halogens is 2. The summed E-state index contributed by atoms with van der Waals surface area (Å²) in [5.41, 5.74) is 2.27. The molecule has 5 nitrogen and oxygen atoms in total. The fourth-order valence-electron chi connectivity index (χ4n) is 3.52. The zero-order valence-electron chi connectivity index (χ0n) is 16.5. The van der Waals surface area contributed by atoms with Crippen molar-refractivity contribution in [2.75, 3.05) is 13.2 Å². The number of rotatable bonds is 9. The minimum absolute atomic E-state index is 0.119. The predicted octanol–water partition coefficient (Wildman–Crippen LogP) is 5.15. The SMILES string of the molecule is Clc1ccc(CC[C@]2(Cn3ccnc3)OC[C@@H](COCc3ccc(Cl)cc3)O2)cc1. The van der Waals surface area contributed by atoms with Crippen molar-refractivity contribution >= 4 is 23.2 Å². The number of ether oxygens (including phenoxy) is 3. The van der Waals surface area contributed by atoms with Crippen LogP contribution in [-0.2, 0) is 33.8 Å². The number of benzene rings is 2. The van der Waals surface area contributed by atoms with E-state index >= 15 is 0 Å². The molecule has 2 heterocycles. The average molecular weight is 447 g/mol. The Labute approximate surface area is 186 Å². The molecule has 1 aliphatic rings. The smallest absolute Gasteiger partial charge is 0.187 e. The molecule has 0 bridgehead atoms. The molecule has 7 heteroatoms. The minimum Gasteiger partial charge on any atom is -0.374 e. The van der Waals surface area contributed by atoms with Crippen LogP contribution in [0.5, 0.6) is 0 Å². The van der Waals surface area contributed by atoms with Gasteiger partial charge in [0.05, 0.1) is 32.7 Å². The Bertz CT molecular complexity index is 917. The number of hydrogen-bond acceptors (Lipinski definition) is 4. The fraction of sp³-hybridized carbons (Fsp3) is 0.348. The molecule has 0 unspecified atom stereocenters. The predicted molar refractivity (Wildman–Crippen MR) is 117 cm³/mol. The van der Waals surface area contributed by atoms with Crippen molar-refractivity contribution in [3.63, 3.8) is 0 Å². The molecule has 158 valence electrons. The zero-order chi connectivity index (χ0) is 20.8. The van der Waals surface area contributed by atoms with E-state index < -0.39 is 5.79 Å². The molecule has 0 saturated carbocycles. The second-order valence-electron chi connectivity index (χ2n) is 7.46. The Kier molecular flexibility index (Phi) is 7.08. The summed E-state index contributed by atoms with van der Waals surface area (Å²) in [5, 5.41) is 1.45. The lowest BCUT2D eigenvalue weighted by Gasteiger charge is -2.28. The quantitative estimate of drug-likeness (QED) is 0.455. The highest BCUT2D eigenvalue weighted by molar-refractivity contribution is 6.30. The summed E-state index contributed by atoms with van der Waals surface area (Å²) in [4.78, 5) is 4.13. The summed E-state index contributed by atoms with van der Waals surface area (Å²) in [6.07, 6.45) is 6.88. The van der Waals surface area contributed by atoms with Crippen LogP contribution < -0.4 is 0 Å². The van der Waals surface area contributed by atoms with Crippen LogP contribution in [0.25, 0.3) is 0 Å². The number of hydrogen-bond donors (Lipinski definition) is 0. The molecule has 1 aromatic heterocycles. The summed E-state index contributed by atoms with van der Waals surface area (Å²) >= 11 is 11.9. The van der Waals surface area contributed by atoms with Crippen molar-refractivity contribution in [1.82, 2.24) is 9.55 Å². The van der Waals surface area contributed by atoms with Crippen LogP contribution in [0, 0.1) is 0 Å². The van der Waals surface area contributed by atoms with Gasteiger partial charge in [0.15, 0.2) is 5.79 Å². The van der Waals surface area contributed by atoms with Crippen LogP contribution in [-0.4, -0.2) is 34.7 Å². The van der Waals surface area contributed by atoms with Gasteiger partial charge in [-0.05, 0) is 41.8 Å². The van der Waals surface area contributed by atoms with E-state index in [9.17, 15) is 0 Å². The summed E-state index contributed by atoms with van der Waals surface area (Å²) in [5.74, 6) is -0.714. The second kappa shape index (κ2) is 9.94. The van der Waals surface area contributed by atoms with Gasteiger partial charge in [-0.3, -0.25) is 0 Å². The molecule has 3 aromatic rings. The van der Waals surface area contributed by atoms with E-state index in [-0.39, 0.29) is 6.10 Å². The lowest BCUT2D eigenvalue weighted by Crippen LogP contribution is -2.37. The first-order valence-corrected chi connectivity index (χ1v) is 10.7. The molecule has 2 aromatic carbocycles. The van der Waals surface area contributed by atoms with Crippen LogP contribution in [0.1, 0.15) is 17.5 Å². The van der Waals surface area contributed by atoms with E-state index in [1.54, 1.807) is 12.5 Å². The maximum atomic E-state index is 6.38. The van der Waals surface area contributed by atoms with Gasteiger partial charge in [-0.2, -0.15) is 0 Å². The van der Waals surface area contributed by atoms with Crippen molar-refractivity contribution in [3.8, 4) is 0 Å². The highest BCUT2D eigenvalue weighted by Crippen LogP contribution is 2.31. The molecular formula is C23H24Cl2N2O3. The van der Waals surface area contributed by atoms with Crippen LogP contribution in [0.2, 0.25) is 10.0 Å². The summed E-state index contributed by atoms with van der Waals surface area (Å²) < 4.78 is 20.4. The standard InChI is InChI=1S/C23H24Cl2N2O3/c24-20-5-1-18(2-6-20)9-10-23(16-27-12-11-26-17-27)29-15-22(30-23)14-28-13-19-3-7-21(25)8-4-19/h1-8,11-12,17,22H,9-10,13-16H2/t22-,23+/m1/s1. The molecule has 1 saturated heterocycles. The normalized spacial score (nSPS) is 21.2. The van der Waals surface area contributed by atoms with Crippen molar-refractivity contribution in [2.45, 2.75) is 37.9 Å². The molecule has 1 fully saturated rings. The molecule has 0 amide bonds. The van der Waals surface area contributed by atoms with Crippen LogP contribution in [0.15, 0.2) is 67.3 Å². The summed E-state index contributed by atoms with van der Waals surface area (Å²) in [7, 11) is 0. The van der Waals surface area contributed by atoms with Gasteiger partial charge in [0, 0.05) is 28.9 Å². The van der Waals surface area contributed by atoms with E-state index in [4.69, 9.17) is 37.4 Å². The van der Waals surface area contributed by atoms with E-state index in [2.05, 4.69) is 4.98 Å². The Morgan fingerprint density at radius 3 is 2.40 bits per heavy atom. The van der Waals surface area contributed by atoms with E-state index in [0.717, 1.165) is 28.5 Å². The molecule has 0 spiro atoms. The van der Waals surface area contributed by atoms with Gasteiger partial charge in [-0.15, -0.1) is 0 Å². The number of imidazole rings is 1. The highest BCUT2D eigenvalue weighted by atomic mass is 35.5. The fourth-order valence-corrected chi connectivity index (χ4v) is 3.78. The van der Waals surface area contributed by atoms with Gasteiger partial charge < -0.3 is 18.8 Å². The molecule has 0 radical (unpaired) electrons. The topological polar surface area (TPSA) is 45.5 Å². The number of aromatic nitrogens is 2. The van der Waals surface area contributed by atoms with Gasteiger partial charge in [0.25, 0.3) is 0 Å². The van der Waals surface area contributed by atoms with Crippen molar-refractivity contribution < 1.29 is 14.2 Å². The lowest BCUT2D eigenvalue weighted by molar-refractivity contribution is -0.187. The van der Waals surface area contributed by atoms with Crippen molar-refractivity contribution in [2.24, 2.45) is 0 Å². The number of nitrogens with zero attached hydrogens (tertiary/aromatic N) is 2. The molecular weight excluding hydrogens is 423 g/mol. The highest BCUT2D eigenvalue weighted by Gasteiger charge is 2.41. The first-order valence-electron chi connectivity index (χ1n) is 9.94. The molecule has 4 rings (SSSR count). The van der Waals surface area contributed by atoms with E-state index in [1.807, 2.05) is 59.3 Å². The summed E-state index contributed by atoms with van der Waals surface area (Å²) in [6, 6.07) is 15.5. The molecule has 1 aliphatic heterocycles. The van der Waals surface area contributed by atoms with Crippen LogP contribution >= 0.6 is 23.2 Å². The monoisotopic (exact) mass is 446 g/mol. The third kappa shape index (κ3) is 5.84. The van der Waals surface area contributed by atoms with Gasteiger partial charge >= 0.3 is 0 Å². The third-order valence-electron chi connectivity index (χ3n) is 5.09. The largest absolute Gasteiger partial charge is 0.374 e. The van der Waals surface area contributed by atoms with Gasteiger partial charge in [-0.25, -0.2) is 4.98 Å². The van der Waals surface area contributed by atoms with Crippen molar-refractivity contribution in [1.29, 1.82) is 0 Å². The first kappa shape index (κ1) is 21.3.